The van der Waals surface area contributed by atoms with Gasteiger partial charge in [0, 0.05) is 25.6 Å². The van der Waals surface area contributed by atoms with Gasteiger partial charge in [0.1, 0.15) is 6.04 Å². The fraction of sp³-hybridized carbons (Fsp3) is 0.303. The Kier molecular flexibility index (Phi) is 10.1. The Balaban J connectivity index is 1.34. The van der Waals surface area contributed by atoms with Gasteiger partial charge in [-0.15, -0.1) is 0 Å². The molecule has 1 saturated heterocycles. The van der Waals surface area contributed by atoms with Gasteiger partial charge in [0.05, 0.1) is 37.0 Å². The van der Waals surface area contributed by atoms with Gasteiger partial charge < -0.3 is 34.6 Å². The van der Waals surface area contributed by atoms with Gasteiger partial charge in [0.25, 0.3) is 11.8 Å². The number of benzene rings is 3. The minimum absolute atomic E-state index is 0.0457. The summed E-state index contributed by atoms with van der Waals surface area (Å²) in [4.78, 5) is 66.7. The Bertz CT molecular complexity index is 1530. The first-order valence-electron chi connectivity index (χ1n) is 14.5. The molecule has 3 atom stereocenters. The molecule has 0 saturated carbocycles. The van der Waals surface area contributed by atoms with Gasteiger partial charge in [-0.3, -0.25) is 24.0 Å². The molecule has 0 aliphatic carbocycles. The van der Waals surface area contributed by atoms with Gasteiger partial charge in [0.2, 0.25) is 12.2 Å². The third-order valence-electron chi connectivity index (χ3n) is 7.33. The Morgan fingerprint density at radius 1 is 0.867 bits per heavy atom. The van der Waals surface area contributed by atoms with Crippen LogP contribution in [0.1, 0.15) is 29.3 Å². The molecule has 45 heavy (non-hydrogen) atoms. The molecule has 12 nitrogen and oxygen atoms in total. The van der Waals surface area contributed by atoms with Gasteiger partial charge in [-0.05, 0) is 29.8 Å². The van der Waals surface area contributed by atoms with Crippen molar-refractivity contribution in [3.63, 3.8) is 0 Å². The maximum absolute atomic E-state index is 13.5. The van der Waals surface area contributed by atoms with Crippen LogP contribution in [0.3, 0.4) is 0 Å². The van der Waals surface area contributed by atoms with Crippen molar-refractivity contribution in [2.75, 3.05) is 36.0 Å². The summed E-state index contributed by atoms with van der Waals surface area (Å²) in [6.07, 6.45) is -0.999. The molecule has 1 unspecified atom stereocenters. The number of carbonyl (C=O) groups is 5. The SMILES string of the molecule is CC(=O)OCC(=O)N1C[C@H](NC(=O)c2ccccc2)CN(CC(=O)N[C@H]2CC(=O)OC2OCc2ccccc2)c2ccccc21. The lowest BCUT2D eigenvalue weighted by atomic mass is 10.2. The molecular weight excluding hydrogens is 580 g/mol. The second kappa shape index (κ2) is 14.5. The Labute approximate surface area is 260 Å². The lowest BCUT2D eigenvalue weighted by molar-refractivity contribution is -0.168. The topological polar surface area (TPSA) is 144 Å². The third kappa shape index (κ3) is 8.24. The predicted molar refractivity (Wildman–Crippen MR) is 163 cm³/mol. The number of amides is 3. The van der Waals surface area contributed by atoms with Crippen LogP contribution in [0.2, 0.25) is 0 Å². The number of hydrogen-bond donors (Lipinski definition) is 2. The van der Waals surface area contributed by atoms with E-state index in [0.717, 1.165) is 5.56 Å². The Hall–Kier alpha value is -5.23. The third-order valence-corrected chi connectivity index (χ3v) is 7.33. The van der Waals surface area contributed by atoms with E-state index in [2.05, 4.69) is 10.6 Å². The number of carbonyl (C=O) groups excluding carboxylic acids is 5. The summed E-state index contributed by atoms with van der Waals surface area (Å²) in [6, 6.07) is 23.8. The van der Waals surface area contributed by atoms with E-state index in [1.54, 1.807) is 59.5 Å². The number of cyclic esters (lactones) is 1. The average molecular weight is 615 g/mol. The van der Waals surface area contributed by atoms with Crippen LogP contribution in [-0.4, -0.2) is 74.3 Å². The van der Waals surface area contributed by atoms with E-state index in [9.17, 15) is 24.0 Å². The van der Waals surface area contributed by atoms with Gasteiger partial charge in [-0.2, -0.15) is 0 Å². The lowest BCUT2D eigenvalue weighted by Gasteiger charge is -2.28. The first-order chi connectivity index (χ1) is 21.8. The molecule has 3 aromatic carbocycles. The monoisotopic (exact) mass is 614 g/mol. The van der Waals surface area contributed by atoms with Gasteiger partial charge in [0.15, 0.2) is 6.61 Å². The Morgan fingerprint density at radius 2 is 1.53 bits per heavy atom. The Morgan fingerprint density at radius 3 is 2.24 bits per heavy atom. The summed E-state index contributed by atoms with van der Waals surface area (Å²) in [5, 5.41) is 5.85. The highest BCUT2D eigenvalue weighted by Crippen LogP contribution is 2.32. The van der Waals surface area contributed by atoms with Crippen LogP contribution in [-0.2, 0) is 40.0 Å². The number of rotatable bonds is 10. The fourth-order valence-electron chi connectivity index (χ4n) is 5.26. The van der Waals surface area contributed by atoms with Crippen molar-refractivity contribution in [2.24, 2.45) is 0 Å². The summed E-state index contributed by atoms with van der Waals surface area (Å²) in [5.41, 5.74) is 2.38. The number of fused-ring (bicyclic) bond motifs is 1. The van der Waals surface area contributed by atoms with Crippen molar-refractivity contribution in [3.05, 3.63) is 96.1 Å². The van der Waals surface area contributed by atoms with Crippen molar-refractivity contribution in [1.29, 1.82) is 0 Å². The largest absolute Gasteiger partial charge is 0.456 e. The van der Waals surface area contributed by atoms with E-state index in [-0.39, 0.29) is 38.6 Å². The number of nitrogens with one attached hydrogen (secondary N) is 2. The molecule has 1 fully saturated rings. The highest BCUT2D eigenvalue weighted by Gasteiger charge is 2.38. The molecule has 2 N–H and O–H groups in total. The molecule has 2 heterocycles. The zero-order valence-corrected chi connectivity index (χ0v) is 24.7. The van der Waals surface area contributed by atoms with Crippen LogP contribution in [0, 0.1) is 0 Å². The highest BCUT2D eigenvalue weighted by molar-refractivity contribution is 6.00. The van der Waals surface area contributed by atoms with E-state index in [0.29, 0.717) is 16.9 Å². The van der Waals surface area contributed by atoms with Crippen molar-refractivity contribution >= 4 is 41.0 Å². The van der Waals surface area contributed by atoms with Crippen LogP contribution < -0.4 is 20.4 Å². The zero-order chi connectivity index (χ0) is 31.8. The predicted octanol–water partition coefficient (Wildman–Crippen LogP) is 2.18. The van der Waals surface area contributed by atoms with E-state index >= 15 is 0 Å². The minimum atomic E-state index is -0.953. The molecule has 5 rings (SSSR count). The van der Waals surface area contributed by atoms with Crippen LogP contribution in [0.5, 0.6) is 0 Å². The van der Waals surface area contributed by atoms with Crippen LogP contribution in [0.15, 0.2) is 84.9 Å². The smallest absolute Gasteiger partial charge is 0.310 e. The first kappa shape index (κ1) is 31.2. The molecule has 0 aromatic heterocycles. The van der Waals surface area contributed by atoms with Crippen LogP contribution >= 0.6 is 0 Å². The molecule has 2 aliphatic heterocycles. The summed E-state index contributed by atoms with van der Waals surface area (Å²) in [6.45, 7) is 1.01. The van der Waals surface area contributed by atoms with Crippen molar-refractivity contribution in [2.45, 2.75) is 38.3 Å². The normalized spacial score (nSPS) is 19.1. The first-order valence-corrected chi connectivity index (χ1v) is 14.5. The number of anilines is 2. The molecule has 3 amide bonds. The fourth-order valence-corrected chi connectivity index (χ4v) is 5.26. The van der Waals surface area contributed by atoms with Crippen LogP contribution in [0.4, 0.5) is 11.4 Å². The number of esters is 2. The average Bonchev–Trinajstić information content (AvgIpc) is 3.31. The molecule has 3 aromatic rings. The number of nitrogens with zero attached hydrogens (tertiary/aromatic N) is 2. The summed E-state index contributed by atoms with van der Waals surface area (Å²) >= 11 is 0. The second-order valence-electron chi connectivity index (χ2n) is 10.7. The van der Waals surface area contributed by atoms with Crippen molar-refractivity contribution < 1.29 is 38.2 Å². The van der Waals surface area contributed by atoms with Crippen molar-refractivity contribution in [3.8, 4) is 0 Å². The van der Waals surface area contributed by atoms with Gasteiger partial charge in [-0.25, -0.2) is 0 Å². The molecule has 0 bridgehead atoms. The summed E-state index contributed by atoms with van der Waals surface area (Å²) < 4.78 is 16.1. The van der Waals surface area contributed by atoms with Crippen LogP contribution in [0.25, 0.3) is 0 Å². The molecule has 12 heteroatoms. The van der Waals surface area contributed by atoms with E-state index < -0.39 is 48.7 Å². The summed E-state index contributed by atoms with van der Waals surface area (Å²) in [7, 11) is 0. The molecule has 2 aliphatic rings. The van der Waals surface area contributed by atoms with Gasteiger partial charge in [-0.1, -0.05) is 60.7 Å². The number of hydrogen-bond acceptors (Lipinski definition) is 9. The van der Waals surface area contributed by atoms with Crippen molar-refractivity contribution in [1.82, 2.24) is 10.6 Å². The minimum Gasteiger partial charge on any atom is -0.456 e. The second-order valence-corrected chi connectivity index (χ2v) is 10.7. The quantitative estimate of drug-likeness (QED) is 0.329. The standard InChI is InChI=1S/C33H34N4O8/c1-22(38)43-21-30(40)37-18-25(34-32(42)24-12-6-3-7-13-24)17-36(27-14-8-9-15-28(27)37)19-29(39)35-26-16-31(41)45-33(26)44-20-23-10-4-2-5-11-23/h2-15,25-26,33H,16-21H2,1H3,(H,34,42)(H,35,39)/t25-,26+,33?/m1/s1. The maximum Gasteiger partial charge on any atom is 0.310 e. The van der Waals surface area contributed by atoms with E-state index in [1.807, 2.05) is 30.3 Å². The lowest BCUT2D eigenvalue weighted by Crippen LogP contribution is -2.52. The zero-order valence-electron chi connectivity index (χ0n) is 24.7. The number of para-hydroxylation sites is 2. The maximum atomic E-state index is 13.5. The number of ether oxygens (including phenoxy) is 3. The molecule has 0 spiro atoms. The van der Waals surface area contributed by atoms with E-state index in [1.165, 1.54) is 11.8 Å². The molecular formula is C33H34N4O8. The van der Waals surface area contributed by atoms with E-state index in [4.69, 9.17) is 14.2 Å². The highest BCUT2D eigenvalue weighted by atomic mass is 16.7. The molecule has 0 radical (unpaired) electrons. The molecule has 234 valence electrons. The summed E-state index contributed by atoms with van der Waals surface area (Å²) in [5.74, 6) is -2.32. The van der Waals surface area contributed by atoms with Gasteiger partial charge >= 0.3 is 11.9 Å².